The van der Waals surface area contributed by atoms with Crippen LogP contribution in [0.2, 0.25) is 0 Å². The van der Waals surface area contributed by atoms with E-state index >= 15 is 0 Å². The molecule has 0 aliphatic heterocycles. The highest BCUT2D eigenvalue weighted by atomic mass is 16.1. The van der Waals surface area contributed by atoms with E-state index < -0.39 is 0 Å². The average molecular weight is 320 g/mol. The molecule has 120 valence electrons. The fourth-order valence-electron chi connectivity index (χ4n) is 2.25. The van der Waals surface area contributed by atoms with Crippen molar-refractivity contribution >= 4 is 23.2 Å². The number of aromatic nitrogens is 2. The number of amides is 1. The monoisotopic (exact) mass is 320 g/mol. The van der Waals surface area contributed by atoms with Crippen molar-refractivity contribution in [3.05, 3.63) is 71.0 Å². The van der Waals surface area contributed by atoms with Gasteiger partial charge >= 0.3 is 0 Å². The van der Waals surface area contributed by atoms with Crippen molar-refractivity contribution in [2.45, 2.75) is 6.92 Å². The van der Waals surface area contributed by atoms with Gasteiger partial charge in [-0.25, -0.2) is 4.98 Å². The Balaban J connectivity index is 1.84. The zero-order valence-corrected chi connectivity index (χ0v) is 13.0. The van der Waals surface area contributed by atoms with E-state index in [0.717, 1.165) is 11.3 Å². The Morgan fingerprint density at radius 2 is 1.67 bits per heavy atom. The molecule has 0 aliphatic rings. The number of rotatable bonds is 4. The lowest BCUT2D eigenvalue weighted by atomic mass is 10.1. The van der Waals surface area contributed by atoms with E-state index in [0.29, 0.717) is 17.3 Å². The van der Waals surface area contributed by atoms with E-state index in [1.807, 2.05) is 30.3 Å². The minimum absolute atomic E-state index is 0.128. The van der Waals surface area contributed by atoms with Crippen LogP contribution in [-0.2, 0) is 4.79 Å². The normalized spacial score (nSPS) is 10.2. The Morgan fingerprint density at radius 1 is 1.00 bits per heavy atom. The van der Waals surface area contributed by atoms with Gasteiger partial charge in [0.1, 0.15) is 0 Å². The second-order valence-corrected chi connectivity index (χ2v) is 5.23. The Labute approximate surface area is 138 Å². The third kappa shape index (κ3) is 3.86. The van der Waals surface area contributed by atoms with Crippen LogP contribution >= 0.6 is 0 Å². The number of carbonyl (C=O) groups is 1. The Hall–Kier alpha value is -3.41. The summed E-state index contributed by atoms with van der Waals surface area (Å²) in [4.78, 5) is 30.0. The van der Waals surface area contributed by atoms with E-state index in [-0.39, 0.29) is 11.5 Å². The van der Waals surface area contributed by atoms with Crippen LogP contribution in [-0.4, -0.2) is 15.9 Å². The van der Waals surface area contributed by atoms with Crippen LogP contribution in [0.4, 0.5) is 17.3 Å². The SMILES string of the molecule is CC(=O)Nc1ccc(Nc2nc(-c3ccccc3)cc(=O)[nH]2)cc1. The molecule has 3 rings (SSSR count). The summed E-state index contributed by atoms with van der Waals surface area (Å²) >= 11 is 0. The van der Waals surface area contributed by atoms with Crippen molar-refractivity contribution in [1.29, 1.82) is 0 Å². The van der Waals surface area contributed by atoms with Crippen molar-refractivity contribution in [2.24, 2.45) is 0 Å². The van der Waals surface area contributed by atoms with Gasteiger partial charge in [0.2, 0.25) is 11.9 Å². The lowest BCUT2D eigenvalue weighted by Crippen LogP contribution is -2.10. The number of aromatic amines is 1. The fraction of sp³-hybridized carbons (Fsp3) is 0.0556. The van der Waals surface area contributed by atoms with Gasteiger partial charge < -0.3 is 10.6 Å². The van der Waals surface area contributed by atoms with Crippen LogP contribution in [0, 0.1) is 0 Å². The average Bonchev–Trinajstić information content (AvgIpc) is 2.56. The van der Waals surface area contributed by atoms with Crippen LogP contribution < -0.4 is 16.2 Å². The second kappa shape index (κ2) is 6.78. The summed E-state index contributed by atoms with van der Waals surface area (Å²) < 4.78 is 0. The van der Waals surface area contributed by atoms with Crippen molar-refractivity contribution in [3.63, 3.8) is 0 Å². The molecular weight excluding hydrogens is 304 g/mol. The van der Waals surface area contributed by atoms with Gasteiger partial charge in [-0.1, -0.05) is 30.3 Å². The quantitative estimate of drug-likeness (QED) is 0.689. The molecule has 24 heavy (non-hydrogen) atoms. The standard InChI is InChI=1S/C18H16N4O2/c1-12(23)19-14-7-9-15(10-8-14)20-18-21-16(11-17(24)22-18)13-5-3-2-4-6-13/h2-11H,1H3,(H,19,23)(H2,20,21,22,24). The van der Waals surface area contributed by atoms with Gasteiger partial charge in [-0.2, -0.15) is 0 Å². The summed E-state index contributed by atoms with van der Waals surface area (Å²) in [5, 5.41) is 5.75. The zero-order chi connectivity index (χ0) is 16.9. The topological polar surface area (TPSA) is 86.9 Å². The maximum absolute atomic E-state index is 11.9. The maximum Gasteiger partial charge on any atom is 0.252 e. The first kappa shape index (κ1) is 15.5. The first-order chi connectivity index (χ1) is 11.6. The van der Waals surface area contributed by atoms with Crippen LogP contribution in [0.1, 0.15) is 6.92 Å². The molecule has 1 heterocycles. The number of carbonyl (C=O) groups excluding carboxylic acids is 1. The third-order valence-corrected chi connectivity index (χ3v) is 3.28. The smallest absolute Gasteiger partial charge is 0.252 e. The Kier molecular flexibility index (Phi) is 4.38. The van der Waals surface area contributed by atoms with Crippen LogP contribution in [0.3, 0.4) is 0 Å². The molecular formula is C18H16N4O2. The lowest BCUT2D eigenvalue weighted by Gasteiger charge is -2.08. The highest BCUT2D eigenvalue weighted by Gasteiger charge is 2.04. The molecule has 6 nitrogen and oxygen atoms in total. The van der Waals surface area contributed by atoms with Gasteiger partial charge in [0.25, 0.3) is 5.56 Å². The molecule has 1 aromatic heterocycles. The number of hydrogen-bond donors (Lipinski definition) is 3. The van der Waals surface area contributed by atoms with Gasteiger partial charge in [0.05, 0.1) is 5.69 Å². The van der Waals surface area contributed by atoms with Gasteiger partial charge in [0, 0.05) is 29.9 Å². The van der Waals surface area contributed by atoms with Crippen molar-refractivity contribution in [1.82, 2.24) is 9.97 Å². The highest BCUT2D eigenvalue weighted by Crippen LogP contribution is 2.19. The molecule has 0 saturated carbocycles. The fourth-order valence-corrected chi connectivity index (χ4v) is 2.25. The summed E-state index contributed by atoms with van der Waals surface area (Å²) in [6.45, 7) is 1.45. The number of nitrogens with one attached hydrogen (secondary N) is 3. The molecule has 1 amide bonds. The van der Waals surface area contributed by atoms with Crippen LogP contribution in [0.15, 0.2) is 65.5 Å². The van der Waals surface area contributed by atoms with E-state index in [4.69, 9.17) is 0 Å². The minimum atomic E-state index is -0.235. The third-order valence-electron chi connectivity index (χ3n) is 3.28. The lowest BCUT2D eigenvalue weighted by molar-refractivity contribution is -0.114. The molecule has 0 saturated heterocycles. The van der Waals surface area contributed by atoms with Crippen molar-refractivity contribution < 1.29 is 4.79 Å². The summed E-state index contributed by atoms with van der Waals surface area (Å²) in [7, 11) is 0. The van der Waals surface area contributed by atoms with Crippen molar-refractivity contribution in [2.75, 3.05) is 10.6 Å². The molecule has 0 bridgehead atoms. The Morgan fingerprint density at radius 3 is 2.33 bits per heavy atom. The molecule has 0 unspecified atom stereocenters. The summed E-state index contributed by atoms with van der Waals surface area (Å²) in [5.74, 6) is 0.228. The van der Waals surface area contributed by atoms with Crippen LogP contribution in [0.5, 0.6) is 0 Å². The summed E-state index contributed by atoms with van der Waals surface area (Å²) in [5.41, 5.74) is 2.68. The van der Waals surface area contributed by atoms with E-state index in [1.54, 1.807) is 24.3 Å². The number of nitrogens with zero attached hydrogens (tertiary/aromatic N) is 1. The molecule has 3 aromatic rings. The second-order valence-electron chi connectivity index (χ2n) is 5.23. The predicted molar refractivity (Wildman–Crippen MR) is 94.3 cm³/mol. The van der Waals surface area contributed by atoms with Gasteiger partial charge in [0.15, 0.2) is 0 Å². The van der Waals surface area contributed by atoms with E-state index in [2.05, 4.69) is 20.6 Å². The largest absolute Gasteiger partial charge is 0.326 e. The summed E-state index contributed by atoms with van der Waals surface area (Å²) in [6.07, 6.45) is 0. The molecule has 2 aromatic carbocycles. The predicted octanol–water partition coefficient (Wildman–Crippen LogP) is 3.14. The van der Waals surface area contributed by atoms with E-state index in [1.165, 1.54) is 13.0 Å². The molecule has 3 N–H and O–H groups in total. The molecule has 0 spiro atoms. The Bertz CT molecular complexity index is 902. The molecule has 0 atom stereocenters. The number of benzene rings is 2. The first-order valence-corrected chi connectivity index (χ1v) is 7.41. The number of H-pyrrole nitrogens is 1. The highest BCUT2D eigenvalue weighted by molar-refractivity contribution is 5.88. The molecule has 0 radical (unpaired) electrons. The minimum Gasteiger partial charge on any atom is -0.326 e. The van der Waals surface area contributed by atoms with E-state index in [9.17, 15) is 9.59 Å². The van der Waals surface area contributed by atoms with Crippen molar-refractivity contribution in [3.8, 4) is 11.3 Å². The summed E-state index contributed by atoms with van der Waals surface area (Å²) in [6, 6.07) is 18.1. The molecule has 0 aliphatic carbocycles. The van der Waals surface area contributed by atoms with Gasteiger partial charge in [-0.3, -0.25) is 14.6 Å². The zero-order valence-electron chi connectivity index (χ0n) is 13.0. The maximum atomic E-state index is 11.9. The first-order valence-electron chi connectivity index (χ1n) is 7.41. The van der Waals surface area contributed by atoms with Crippen LogP contribution in [0.25, 0.3) is 11.3 Å². The van der Waals surface area contributed by atoms with Gasteiger partial charge in [-0.05, 0) is 24.3 Å². The molecule has 0 fully saturated rings. The number of anilines is 3. The molecule has 6 heteroatoms. The number of hydrogen-bond acceptors (Lipinski definition) is 4. The van der Waals surface area contributed by atoms with Gasteiger partial charge in [-0.15, -0.1) is 0 Å².